The number of benzene rings is 1. The Balaban J connectivity index is 1.65. The molecule has 114 valence electrons. The first-order valence-electron chi connectivity index (χ1n) is 8.43. The monoisotopic (exact) mass is 302 g/mol. The highest BCUT2D eigenvalue weighted by atomic mass is 32.1. The molecule has 1 unspecified atom stereocenters. The van der Waals surface area contributed by atoms with Gasteiger partial charge in [0, 0.05) is 4.70 Å². The Hall–Kier alpha value is -0.860. The summed E-state index contributed by atoms with van der Waals surface area (Å²) >= 11 is 1.76. The van der Waals surface area contributed by atoms with Gasteiger partial charge in [0.1, 0.15) is 0 Å². The van der Waals surface area contributed by atoms with E-state index in [9.17, 15) is 5.11 Å². The van der Waals surface area contributed by atoms with Crippen LogP contribution >= 0.6 is 11.3 Å². The largest absolute Gasteiger partial charge is 0.388 e. The quantitative estimate of drug-likeness (QED) is 0.725. The second kappa shape index (κ2) is 6.93. The zero-order chi connectivity index (χ0) is 14.7. The molecule has 1 N–H and O–H groups in total. The van der Waals surface area contributed by atoms with Crippen LogP contribution in [0.5, 0.6) is 0 Å². The van der Waals surface area contributed by atoms with Gasteiger partial charge in [-0.25, -0.2) is 0 Å². The van der Waals surface area contributed by atoms with Gasteiger partial charge in [0.05, 0.1) is 6.10 Å². The van der Waals surface area contributed by atoms with Gasteiger partial charge < -0.3 is 5.11 Å². The predicted molar refractivity (Wildman–Crippen MR) is 91.8 cm³/mol. The van der Waals surface area contributed by atoms with Crippen LogP contribution in [0.25, 0.3) is 10.1 Å². The minimum atomic E-state index is -0.270. The van der Waals surface area contributed by atoms with E-state index in [2.05, 4.69) is 36.6 Å². The van der Waals surface area contributed by atoms with Gasteiger partial charge in [0.25, 0.3) is 0 Å². The molecule has 2 aromatic rings. The van der Waals surface area contributed by atoms with Gasteiger partial charge in [-0.15, -0.1) is 11.3 Å². The molecular weight excluding hydrogens is 276 g/mol. The van der Waals surface area contributed by atoms with Crippen molar-refractivity contribution in [1.82, 2.24) is 0 Å². The highest BCUT2D eigenvalue weighted by molar-refractivity contribution is 7.17. The van der Waals surface area contributed by atoms with Crippen molar-refractivity contribution in [1.29, 1.82) is 0 Å². The van der Waals surface area contributed by atoms with Crippen LogP contribution in [0, 0.1) is 11.8 Å². The van der Waals surface area contributed by atoms with Crippen molar-refractivity contribution in [2.24, 2.45) is 11.8 Å². The normalized spacial score (nSPS) is 24.3. The molecule has 1 aliphatic carbocycles. The maximum absolute atomic E-state index is 10.8. The summed E-state index contributed by atoms with van der Waals surface area (Å²) in [5.74, 6) is 1.37. The summed E-state index contributed by atoms with van der Waals surface area (Å²) in [6.07, 6.45) is 8.80. The highest BCUT2D eigenvalue weighted by Crippen LogP contribution is 2.41. The van der Waals surface area contributed by atoms with Gasteiger partial charge in [0.2, 0.25) is 0 Å². The molecule has 1 fully saturated rings. The van der Waals surface area contributed by atoms with Crippen molar-refractivity contribution in [3.05, 3.63) is 35.2 Å². The fraction of sp³-hybridized carbons (Fsp3) is 0.579. The molecule has 1 heterocycles. The Kier molecular flexibility index (Phi) is 4.97. The summed E-state index contributed by atoms with van der Waals surface area (Å²) in [6, 6.07) is 8.45. The van der Waals surface area contributed by atoms with Crippen molar-refractivity contribution >= 4 is 21.4 Å². The smallest absolute Gasteiger partial charge is 0.0832 e. The molecule has 1 atom stereocenters. The third kappa shape index (κ3) is 3.32. The summed E-state index contributed by atoms with van der Waals surface area (Å²) in [7, 11) is 0. The van der Waals surface area contributed by atoms with Gasteiger partial charge in [-0.05, 0) is 47.1 Å². The van der Waals surface area contributed by atoms with Crippen LogP contribution in [0.1, 0.15) is 63.5 Å². The number of fused-ring (bicyclic) bond motifs is 1. The Morgan fingerprint density at radius 1 is 1.19 bits per heavy atom. The third-order valence-corrected chi connectivity index (χ3v) is 6.12. The van der Waals surface area contributed by atoms with E-state index >= 15 is 0 Å². The van der Waals surface area contributed by atoms with Gasteiger partial charge in [0.15, 0.2) is 0 Å². The summed E-state index contributed by atoms with van der Waals surface area (Å²) in [6.45, 7) is 2.27. The minimum absolute atomic E-state index is 0.270. The topological polar surface area (TPSA) is 20.2 Å². The van der Waals surface area contributed by atoms with Crippen LogP contribution in [0.2, 0.25) is 0 Å². The van der Waals surface area contributed by atoms with Crippen LogP contribution in [0.15, 0.2) is 29.6 Å². The Morgan fingerprint density at radius 2 is 1.95 bits per heavy atom. The molecule has 1 nitrogen and oxygen atoms in total. The second-order valence-corrected chi connectivity index (χ2v) is 7.47. The van der Waals surface area contributed by atoms with E-state index in [4.69, 9.17) is 0 Å². The van der Waals surface area contributed by atoms with Crippen molar-refractivity contribution in [3.63, 3.8) is 0 Å². The lowest BCUT2D eigenvalue weighted by Gasteiger charge is -2.31. The van der Waals surface area contributed by atoms with E-state index in [1.54, 1.807) is 11.3 Å². The molecule has 0 aliphatic heterocycles. The Bertz CT molecular complexity index is 566. The molecular formula is C19H26OS. The van der Waals surface area contributed by atoms with Gasteiger partial charge in [-0.3, -0.25) is 0 Å². The SMILES string of the molecule is CCCCC1CCC(C(O)c2csc3ccccc23)CC1. The van der Waals surface area contributed by atoms with Crippen molar-refractivity contribution < 1.29 is 5.11 Å². The molecule has 1 saturated carbocycles. The fourth-order valence-corrected chi connectivity index (χ4v) is 4.76. The second-order valence-electron chi connectivity index (χ2n) is 6.56. The Labute approximate surface area is 132 Å². The lowest BCUT2D eigenvalue weighted by Crippen LogP contribution is -2.20. The number of hydrogen-bond donors (Lipinski definition) is 1. The molecule has 0 saturated heterocycles. The number of hydrogen-bond acceptors (Lipinski definition) is 2. The maximum Gasteiger partial charge on any atom is 0.0832 e. The molecule has 21 heavy (non-hydrogen) atoms. The van der Waals surface area contributed by atoms with Crippen molar-refractivity contribution in [3.8, 4) is 0 Å². The van der Waals surface area contributed by atoms with Crippen LogP contribution in [-0.2, 0) is 0 Å². The number of rotatable bonds is 5. The predicted octanol–water partition coefficient (Wildman–Crippen LogP) is 5.93. The average Bonchev–Trinajstić information content (AvgIpc) is 2.97. The first kappa shape index (κ1) is 15.1. The fourth-order valence-electron chi connectivity index (χ4n) is 3.77. The van der Waals surface area contributed by atoms with Crippen molar-refractivity contribution in [2.75, 3.05) is 0 Å². The van der Waals surface area contributed by atoms with E-state index in [0.717, 1.165) is 11.5 Å². The number of aliphatic hydroxyl groups is 1. The van der Waals surface area contributed by atoms with Gasteiger partial charge in [-0.1, -0.05) is 57.2 Å². The van der Waals surface area contributed by atoms with Crippen LogP contribution in [0.3, 0.4) is 0 Å². The molecule has 0 bridgehead atoms. The van der Waals surface area contributed by atoms with Gasteiger partial charge >= 0.3 is 0 Å². The van der Waals surface area contributed by atoms with E-state index in [0.29, 0.717) is 5.92 Å². The maximum atomic E-state index is 10.8. The molecule has 0 amide bonds. The lowest BCUT2D eigenvalue weighted by atomic mass is 9.76. The van der Waals surface area contributed by atoms with Crippen molar-refractivity contribution in [2.45, 2.75) is 58.0 Å². The van der Waals surface area contributed by atoms with Crippen LogP contribution < -0.4 is 0 Å². The number of unbranched alkanes of at least 4 members (excludes halogenated alkanes) is 1. The van der Waals surface area contributed by atoms with Crippen LogP contribution in [0.4, 0.5) is 0 Å². The molecule has 0 spiro atoms. The summed E-state index contributed by atoms with van der Waals surface area (Å²) in [5, 5.41) is 14.2. The first-order valence-corrected chi connectivity index (χ1v) is 9.31. The molecule has 2 heteroatoms. The molecule has 1 aromatic carbocycles. The Morgan fingerprint density at radius 3 is 2.71 bits per heavy atom. The van der Waals surface area contributed by atoms with E-state index in [-0.39, 0.29) is 6.10 Å². The van der Waals surface area contributed by atoms with E-state index in [1.165, 1.54) is 55.0 Å². The minimum Gasteiger partial charge on any atom is -0.388 e. The number of aliphatic hydroxyl groups excluding tert-OH is 1. The lowest BCUT2D eigenvalue weighted by molar-refractivity contribution is 0.0734. The summed E-state index contributed by atoms with van der Waals surface area (Å²) < 4.78 is 1.29. The number of thiophene rings is 1. The first-order chi connectivity index (χ1) is 10.3. The molecule has 3 rings (SSSR count). The average molecular weight is 302 g/mol. The summed E-state index contributed by atoms with van der Waals surface area (Å²) in [5.41, 5.74) is 1.16. The van der Waals surface area contributed by atoms with Crippen LogP contribution in [-0.4, -0.2) is 5.11 Å². The molecule has 0 radical (unpaired) electrons. The van der Waals surface area contributed by atoms with E-state index in [1.807, 2.05) is 0 Å². The highest BCUT2D eigenvalue weighted by Gasteiger charge is 2.28. The standard InChI is InChI=1S/C19H26OS/c1-2-3-6-14-9-11-15(12-10-14)19(20)17-13-21-18-8-5-4-7-16(17)18/h4-5,7-8,13-15,19-20H,2-3,6,9-12H2,1H3. The zero-order valence-electron chi connectivity index (χ0n) is 12.9. The summed E-state index contributed by atoms with van der Waals surface area (Å²) in [4.78, 5) is 0. The van der Waals surface area contributed by atoms with Gasteiger partial charge in [-0.2, -0.15) is 0 Å². The molecule has 1 aromatic heterocycles. The van der Waals surface area contributed by atoms with E-state index < -0.39 is 0 Å². The molecule has 1 aliphatic rings. The zero-order valence-corrected chi connectivity index (χ0v) is 13.7. The third-order valence-electron chi connectivity index (χ3n) is 5.13.